The molecule has 2 aromatic rings. The van der Waals surface area contributed by atoms with Gasteiger partial charge in [-0.15, -0.1) is 0 Å². The lowest BCUT2D eigenvalue weighted by molar-refractivity contribution is 0.0379. The summed E-state index contributed by atoms with van der Waals surface area (Å²) in [7, 11) is -7.24. The van der Waals surface area contributed by atoms with E-state index in [4.69, 9.17) is 4.74 Å². The van der Waals surface area contributed by atoms with Gasteiger partial charge in [-0.25, -0.2) is 25.6 Å². The van der Waals surface area contributed by atoms with E-state index in [1.54, 1.807) is 26.8 Å². The molecule has 0 spiro atoms. The topological polar surface area (TPSA) is 112 Å². The Balaban J connectivity index is 2.89. The number of carbonyl (C=O) groups excluding carboxylic acids is 1. The third-order valence-corrected chi connectivity index (χ3v) is 7.38. The average Bonchev–Trinajstić information content (AvgIpc) is 2.86. The lowest BCUT2D eigenvalue weighted by Crippen LogP contribution is -2.18. The normalized spacial score (nSPS) is 12.5. The maximum Gasteiger partial charge on any atom is 0.340 e. The Labute approximate surface area is 166 Å². The fourth-order valence-electron chi connectivity index (χ4n) is 2.91. The number of anilines is 1. The van der Waals surface area contributed by atoms with Crippen molar-refractivity contribution < 1.29 is 26.4 Å². The van der Waals surface area contributed by atoms with Crippen LogP contribution in [0.2, 0.25) is 0 Å². The first kappa shape index (κ1) is 22.2. The number of sulfonamides is 1. The van der Waals surface area contributed by atoms with Crippen LogP contribution in [0.5, 0.6) is 0 Å². The Morgan fingerprint density at radius 2 is 1.71 bits per heavy atom. The molecule has 0 fully saturated rings. The zero-order valence-electron chi connectivity index (χ0n) is 16.9. The molecule has 0 amide bonds. The molecule has 156 valence electrons. The van der Waals surface area contributed by atoms with Gasteiger partial charge in [-0.1, -0.05) is 0 Å². The third-order valence-electron chi connectivity index (χ3n) is 4.33. The first-order valence-corrected chi connectivity index (χ1v) is 12.2. The highest BCUT2D eigenvalue weighted by Gasteiger charge is 2.28. The molecule has 0 unspecified atom stereocenters. The summed E-state index contributed by atoms with van der Waals surface area (Å²) in [6.45, 7) is 9.62. The molecule has 28 heavy (non-hydrogen) atoms. The van der Waals surface area contributed by atoms with Gasteiger partial charge < -0.3 is 4.74 Å². The smallest absolute Gasteiger partial charge is 0.340 e. The van der Waals surface area contributed by atoms with E-state index in [-0.39, 0.29) is 22.8 Å². The van der Waals surface area contributed by atoms with Gasteiger partial charge in [-0.2, -0.15) is 0 Å². The highest BCUT2D eigenvalue weighted by molar-refractivity contribution is 7.92. The quantitative estimate of drug-likeness (QED) is 0.676. The van der Waals surface area contributed by atoms with E-state index in [0.29, 0.717) is 22.2 Å². The summed E-state index contributed by atoms with van der Waals surface area (Å²) in [6.07, 6.45) is -0.392. The van der Waals surface area contributed by atoms with Crippen molar-refractivity contribution in [1.29, 1.82) is 0 Å². The second-order valence-corrected chi connectivity index (χ2v) is 10.9. The van der Waals surface area contributed by atoms with Crippen LogP contribution in [0.25, 0.3) is 10.9 Å². The summed E-state index contributed by atoms with van der Waals surface area (Å²) in [4.78, 5) is 12.7. The Morgan fingerprint density at radius 1 is 1.11 bits per heavy atom. The molecule has 8 nitrogen and oxygen atoms in total. The lowest BCUT2D eigenvalue weighted by atomic mass is 10.1. The number of aryl methyl sites for hydroxylation is 1. The van der Waals surface area contributed by atoms with Gasteiger partial charge in [0.2, 0.25) is 20.0 Å². The van der Waals surface area contributed by atoms with Gasteiger partial charge in [0, 0.05) is 11.1 Å². The molecule has 0 aliphatic rings. The van der Waals surface area contributed by atoms with Crippen LogP contribution in [0, 0.1) is 13.8 Å². The maximum atomic E-state index is 12.7. The van der Waals surface area contributed by atoms with Crippen molar-refractivity contribution in [1.82, 2.24) is 3.97 Å². The van der Waals surface area contributed by atoms with Crippen molar-refractivity contribution in [2.75, 3.05) is 16.2 Å². The number of fused-ring (bicyclic) bond motifs is 1. The molecule has 0 bridgehead atoms. The molecule has 1 N–H and O–H groups in total. The van der Waals surface area contributed by atoms with Crippen LogP contribution in [0.1, 0.15) is 49.3 Å². The summed E-state index contributed by atoms with van der Waals surface area (Å²) in [6, 6.07) is 3.05. The molecular weight excluding hydrogens is 404 g/mol. The van der Waals surface area contributed by atoms with Crippen LogP contribution in [-0.2, 0) is 24.8 Å². The molecule has 2 rings (SSSR count). The van der Waals surface area contributed by atoms with Gasteiger partial charge in [-0.05, 0) is 59.2 Å². The Bertz CT molecular complexity index is 1130. The SMILES string of the molecule is CCS(=O)(=O)Nc1cc2c(C(=O)OC(C)C)c(C)n(S(=O)(=O)CC)c2cc1C. The number of esters is 1. The molecule has 0 atom stereocenters. The molecule has 0 saturated heterocycles. The second-order valence-electron chi connectivity index (χ2n) is 6.77. The number of benzene rings is 1. The standard InChI is InChI=1S/C18H26N2O6S2/c1-7-27(22,23)19-15-10-14-16(9-12(15)5)20(28(24,25)8-2)13(6)17(14)18(21)26-11(3)4/h9-11,19H,7-8H2,1-6H3. The first-order chi connectivity index (χ1) is 12.8. The predicted octanol–water partition coefficient (Wildman–Crippen LogP) is 2.78. The largest absolute Gasteiger partial charge is 0.459 e. The minimum Gasteiger partial charge on any atom is -0.459 e. The number of rotatable bonds is 7. The summed E-state index contributed by atoms with van der Waals surface area (Å²) in [5.74, 6) is -0.924. The maximum absolute atomic E-state index is 12.7. The predicted molar refractivity (Wildman–Crippen MR) is 110 cm³/mol. The van der Waals surface area contributed by atoms with Crippen molar-refractivity contribution >= 4 is 42.6 Å². The van der Waals surface area contributed by atoms with E-state index >= 15 is 0 Å². The first-order valence-electron chi connectivity index (χ1n) is 8.95. The van der Waals surface area contributed by atoms with E-state index in [2.05, 4.69) is 4.72 Å². The summed E-state index contributed by atoms with van der Waals surface area (Å²) < 4.78 is 58.2. The van der Waals surface area contributed by atoms with Crippen molar-refractivity contribution in [3.63, 3.8) is 0 Å². The van der Waals surface area contributed by atoms with Crippen molar-refractivity contribution in [2.45, 2.75) is 47.6 Å². The number of ether oxygens (including phenoxy) is 1. The van der Waals surface area contributed by atoms with Crippen LogP contribution < -0.4 is 4.72 Å². The molecular formula is C18H26N2O6S2. The highest BCUT2D eigenvalue weighted by Crippen LogP contribution is 2.33. The zero-order valence-corrected chi connectivity index (χ0v) is 18.5. The summed E-state index contributed by atoms with van der Waals surface area (Å²) >= 11 is 0. The number of carbonyl (C=O) groups is 1. The number of hydrogen-bond donors (Lipinski definition) is 1. The number of aromatic nitrogens is 1. The van der Waals surface area contributed by atoms with Crippen molar-refractivity contribution in [3.8, 4) is 0 Å². The Hall–Kier alpha value is -2.07. The van der Waals surface area contributed by atoms with E-state index in [9.17, 15) is 21.6 Å². The van der Waals surface area contributed by atoms with Crippen LogP contribution >= 0.6 is 0 Å². The molecule has 1 heterocycles. The van der Waals surface area contributed by atoms with Gasteiger partial charge in [0.25, 0.3) is 0 Å². The van der Waals surface area contributed by atoms with E-state index in [1.807, 2.05) is 0 Å². The van der Waals surface area contributed by atoms with E-state index in [0.717, 1.165) is 3.97 Å². The monoisotopic (exact) mass is 430 g/mol. The van der Waals surface area contributed by atoms with Crippen LogP contribution in [0.3, 0.4) is 0 Å². The van der Waals surface area contributed by atoms with Crippen LogP contribution in [0.15, 0.2) is 12.1 Å². The molecule has 1 aromatic carbocycles. The minimum absolute atomic E-state index is 0.109. The highest BCUT2D eigenvalue weighted by atomic mass is 32.2. The van der Waals surface area contributed by atoms with Crippen LogP contribution in [-0.4, -0.2) is 44.4 Å². The van der Waals surface area contributed by atoms with Gasteiger partial charge in [0.15, 0.2) is 0 Å². The Kier molecular flexibility index (Phi) is 6.15. The summed E-state index contributed by atoms with van der Waals surface area (Å²) in [5.41, 5.74) is 1.49. The Morgan fingerprint density at radius 3 is 2.21 bits per heavy atom. The third kappa shape index (κ3) is 4.17. The van der Waals surface area contributed by atoms with Gasteiger partial charge in [0.1, 0.15) is 0 Å². The number of hydrogen-bond acceptors (Lipinski definition) is 6. The fraction of sp³-hybridized carbons (Fsp3) is 0.500. The molecule has 0 saturated carbocycles. The average molecular weight is 431 g/mol. The second kappa shape index (κ2) is 7.75. The van der Waals surface area contributed by atoms with Crippen molar-refractivity contribution in [3.05, 3.63) is 29.0 Å². The molecule has 0 aliphatic heterocycles. The molecule has 0 aliphatic carbocycles. The molecule has 1 aromatic heterocycles. The van der Waals surface area contributed by atoms with E-state index < -0.39 is 32.1 Å². The van der Waals surface area contributed by atoms with E-state index in [1.165, 1.54) is 26.8 Å². The van der Waals surface area contributed by atoms with Gasteiger partial charge >= 0.3 is 5.97 Å². The van der Waals surface area contributed by atoms with Crippen molar-refractivity contribution in [2.24, 2.45) is 0 Å². The lowest BCUT2D eigenvalue weighted by Gasteiger charge is -2.11. The summed E-state index contributed by atoms with van der Waals surface area (Å²) in [5, 5.41) is 0.319. The molecule has 10 heteroatoms. The number of nitrogens with one attached hydrogen (secondary N) is 1. The minimum atomic E-state index is -3.70. The zero-order chi connectivity index (χ0) is 21.4. The fourth-order valence-corrected chi connectivity index (χ4v) is 4.82. The number of nitrogens with zero attached hydrogens (tertiary/aromatic N) is 1. The van der Waals surface area contributed by atoms with Gasteiger partial charge in [0.05, 0.1) is 34.4 Å². The van der Waals surface area contributed by atoms with Gasteiger partial charge in [-0.3, -0.25) is 4.72 Å². The molecule has 0 radical (unpaired) electrons. The van der Waals surface area contributed by atoms with Crippen LogP contribution in [0.4, 0.5) is 5.69 Å².